The van der Waals surface area contributed by atoms with E-state index in [9.17, 15) is 10.1 Å². The Hall–Kier alpha value is -3.20. The Labute approximate surface area is 235 Å². The van der Waals surface area contributed by atoms with Crippen molar-refractivity contribution in [2.75, 3.05) is 105 Å². The molecule has 0 bridgehead atoms. The van der Waals surface area contributed by atoms with Gasteiger partial charge in [-0.05, 0) is 24.3 Å². The van der Waals surface area contributed by atoms with Crippen LogP contribution in [0.1, 0.15) is 0 Å². The first-order valence-electron chi connectivity index (χ1n) is 13.0. The zero-order chi connectivity index (χ0) is 28.8. The lowest BCUT2D eigenvalue weighted by atomic mass is 10.2. The van der Waals surface area contributed by atoms with Crippen LogP contribution in [0.4, 0.5) is 22.7 Å². The third-order valence-corrected chi connectivity index (χ3v) is 5.48. The fraction of sp³-hybridized carbons (Fsp3) is 0.556. The van der Waals surface area contributed by atoms with Crippen molar-refractivity contribution in [3.05, 3.63) is 52.6 Å². The molecule has 0 spiro atoms. The molecule has 222 valence electrons. The number of methoxy groups -OCH3 is 3. The van der Waals surface area contributed by atoms with E-state index >= 15 is 0 Å². The zero-order valence-electron chi connectivity index (χ0n) is 23.5. The molecule has 0 aliphatic rings. The maximum absolute atomic E-state index is 10.9. The van der Waals surface area contributed by atoms with Crippen molar-refractivity contribution < 1.29 is 38.1 Å². The van der Waals surface area contributed by atoms with Crippen LogP contribution in [0.15, 0.2) is 52.7 Å². The third kappa shape index (κ3) is 13.2. The molecule has 13 nitrogen and oxygen atoms in total. The molecule has 0 saturated heterocycles. The van der Waals surface area contributed by atoms with Gasteiger partial charge in [-0.2, -0.15) is 5.11 Å². The summed E-state index contributed by atoms with van der Waals surface area (Å²) in [5.41, 5.74) is 1.92. The summed E-state index contributed by atoms with van der Waals surface area (Å²) in [4.78, 5) is 12.5. The van der Waals surface area contributed by atoms with Gasteiger partial charge in [0.1, 0.15) is 11.4 Å². The summed E-state index contributed by atoms with van der Waals surface area (Å²) in [7, 11) is 4.83. The highest BCUT2D eigenvalue weighted by molar-refractivity contribution is 5.62. The highest BCUT2D eigenvalue weighted by Gasteiger charge is 2.12. The van der Waals surface area contributed by atoms with Crippen molar-refractivity contribution in [3.63, 3.8) is 0 Å². The van der Waals surface area contributed by atoms with E-state index in [0.717, 1.165) is 5.69 Å². The van der Waals surface area contributed by atoms with Crippen molar-refractivity contribution in [1.82, 2.24) is 0 Å². The molecule has 0 saturated carbocycles. The molecule has 0 heterocycles. The van der Waals surface area contributed by atoms with E-state index in [-0.39, 0.29) is 5.69 Å². The van der Waals surface area contributed by atoms with Crippen LogP contribution in [-0.4, -0.2) is 105 Å². The first-order valence-corrected chi connectivity index (χ1v) is 13.0. The van der Waals surface area contributed by atoms with Crippen molar-refractivity contribution in [1.29, 1.82) is 0 Å². The van der Waals surface area contributed by atoms with Crippen LogP contribution in [0.5, 0.6) is 5.75 Å². The molecule has 0 unspecified atom stereocenters. The molecule has 0 radical (unpaired) electrons. The highest BCUT2D eigenvalue weighted by Crippen LogP contribution is 2.33. The van der Waals surface area contributed by atoms with Crippen molar-refractivity contribution in [3.8, 4) is 5.75 Å². The molecule has 0 aliphatic heterocycles. The van der Waals surface area contributed by atoms with E-state index in [4.69, 9.17) is 33.2 Å². The van der Waals surface area contributed by atoms with Gasteiger partial charge in [-0.3, -0.25) is 10.1 Å². The fourth-order valence-corrected chi connectivity index (χ4v) is 3.35. The first kappa shape index (κ1) is 33.0. The Morgan fingerprint density at radius 2 is 1.23 bits per heavy atom. The zero-order valence-corrected chi connectivity index (χ0v) is 23.5. The van der Waals surface area contributed by atoms with Crippen molar-refractivity contribution in [2.45, 2.75) is 0 Å². The Morgan fingerprint density at radius 3 is 1.73 bits per heavy atom. The van der Waals surface area contributed by atoms with Crippen molar-refractivity contribution in [2.24, 2.45) is 10.2 Å². The molecule has 0 amide bonds. The molecule has 13 heteroatoms. The average molecular weight is 565 g/mol. The summed E-state index contributed by atoms with van der Waals surface area (Å²) in [6, 6.07) is 11.5. The molecule has 2 aromatic carbocycles. The van der Waals surface area contributed by atoms with Crippen molar-refractivity contribution >= 4 is 22.7 Å². The second-order valence-corrected chi connectivity index (χ2v) is 8.25. The van der Waals surface area contributed by atoms with Crippen LogP contribution >= 0.6 is 0 Å². The lowest BCUT2D eigenvalue weighted by Crippen LogP contribution is -2.31. The third-order valence-electron chi connectivity index (χ3n) is 5.48. The molecule has 40 heavy (non-hydrogen) atoms. The molecule has 0 N–H and O–H groups in total. The molecular weight excluding hydrogens is 524 g/mol. The molecule has 0 aliphatic carbocycles. The standard InChI is InChI=1S/C27H40N4O9/c1-34-14-16-39-20-18-37-12-10-30(11-13-38-19-21-40-17-15-35-2)25-8-9-26(27(22-25)36-3)29-28-23-4-6-24(7-5-23)31(32)33/h4-9,22H,10-21H2,1-3H3. The second kappa shape index (κ2) is 20.7. The quantitative estimate of drug-likeness (QED) is 0.0837. The number of azo groups is 1. The summed E-state index contributed by atoms with van der Waals surface area (Å²) >= 11 is 0. The van der Waals surface area contributed by atoms with Crippen LogP contribution in [0.2, 0.25) is 0 Å². The summed E-state index contributed by atoms with van der Waals surface area (Å²) < 4.78 is 37.9. The lowest BCUT2D eigenvalue weighted by molar-refractivity contribution is -0.384. The Balaban J connectivity index is 1.98. The average Bonchev–Trinajstić information content (AvgIpc) is 2.97. The second-order valence-electron chi connectivity index (χ2n) is 8.25. The maximum Gasteiger partial charge on any atom is 0.269 e. The maximum atomic E-state index is 10.9. The van der Waals surface area contributed by atoms with E-state index < -0.39 is 4.92 Å². The van der Waals surface area contributed by atoms with E-state index in [1.807, 2.05) is 18.2 Å². The van der Waals surface area contributed by atoms with Gasteiger partial charge in [0.05, 0.1) is 83.8 Å². The molecule has 2 aromatic rings. The van der Waals surface area contributed by atoms with Gasteiger partial charge in [-0.15, -0.1) is 5.11 Å². The summed E-state index contributed by atoms with van der Waals surface area (Å²) in [6.45, 7) is 6.38. The van der Waals surface area contributed by atoms with Crippen LogP contribution in [0.3, 0.4) is 0 Å². The monoisotopic (exact) mass is 564 g/mol. The minimum absolute atomic E-state index is 0.00817. The lowest BCUT2D eigenvalue weighted by Gasteiger charge is -2.25. The van der Waals surface area contributed by atoms with Gasteiger partial charge in [0.25, 0.3) is 5.69 Å². The minimum Gasteiger partial charge on any atom is -0.494 e. The first-order chi connectivity index (χ1) is 19.6. The number of anilines is 1. The van der Waals surface area contributed by atoms with Crippen LogP contribution in [0.25, 0.3) is 0 Å². The predicted molar refractivity (Wildman–Crippen MR) is 150 cm³/mol. The Bertz CT molecular complexity index is 972. The molecule has 0 atom stereocenters. The number of ether oxygens (including phenoxy) is 7. The van der Waals surface area contributed by atoms with E-state index in [1.54, 1.807) is 21.3 Å². The largest absolute Gasteiger partial charge is 0.494 e. The number of benzene rings is 2. The van der Waals surface area contributed by atoms with Gasteiger partial charge in [0, 0.05) is 51.2 Å². The number of non-ortho nitro benzene ring substituents is 1. The van der Waals surface area contributed by atoms with Crippen LogP contribution in [0, 0.1) is 10.1 Å². The molecule has 2 rings (SSSR count). The van der Waals surface area contributed by atoms with Gasteiger partial charge >= 0.3 is 0 Å². The predicted octanol–water partition coefficient (Wildman–Crippen LogP) is 4.18. The van der Waals surface area contributed by atoms with Gasteiger partial charge < -0.3 is 38.1 Å². The topological polar surface area (TPSA) is 136 Å². The van der Waals surface area contributed by atoms with Crippen LogP contribution in [-0.2, 0) is 28.4 Å². The van der Waals surface area contributed by atoms with E-state index in [2.05, 4.69) is 15.1 Å². The highest BCUT2D eigenvalue weighted by atomic mass is 16.6. The molecule has 0 aromatic heterocycles. The van der Waals surface area contributed by atoms with Gasteiger partial charge in [0.2, 0.25) is 0 Å². The SMILES string of the molecule is COCCOCCOCCN(CCOCCOCCOC)c1ccc(N=Nc2ccc([N+](=O)[O-])cc2)c(OC)c1. The van der Waals surface area contributed by atoms with E-state index in [0.29, 0.717) is 96.3 Å². The number of rotatable bonds is 23. The number of hydrogen-bond acceptors (Lipinski definition) is 12. The summed E-state index contributed by atoms with van der Waals surface area (Å²) in [6.07, 6.45) is 0. The van der Waals surface area contributed by atoms with Crippen LogP contribution < -0.4 is 9.64 Å². The molecular formula is C27H40N4O9. The normalized spacial score (nSPS) is 11.3. The minimum atomic E-state index is -0.460. The van der Waals surface area contributed by atoms with Gasteiger partial charge in [-0.25, -0.2) is 0 Å². The number of hydrogen-bond donors (Lipinski definition) is 0. The smallest absolute Gasteiger partial charge is 0.269 e. The van der Waals surface area contributed by atoms with Gasteiger partial charge in [0.15, 0.2) is 0 Å². The van der Waals surface area contributed by atoms with E-state index in [1.165, 1.54) is 24.3 Å². The summed E-state index contributed by atoms with van der Waals surface area (Å²) in [5, 5.41) is 19.3. The molecule has 0 fully saturated rings. The number of nitrogens with zero attached hydrogens (tertiary/aromatic N) is 4. The number of nitro groups is 1. The Morgan fingerprint density at radius 1 is 0.700 bits per heavy atom. The Kier molecular flexibility index (Phi) is 17.1. The van der Waals surface area contributed by atoms with Gasteiger partial charge in [-0.1, -0.05) is 0 Å². The summed E-state index contributed by atoms with van der Waals surface area (Å²) in [5.74, 6) is 0.535. The number of nitro benzene ring substituents is 1. The fourth-order valence-electron chi connectivity index (χ4n) is 3.35.